The molecule has 0 spiro atoms. The first-order valence-corrected chi connectivity index (χ1v) is 22.5. The van der Waals surface area contributed by atoms with E-state index in [1.807, 2.05) is 23.1 Å². The summed E-state index contributed by atoms with van der Waals surface area (Å²) in [6, 6.07) is 10.7. The Hall–Kier alpha value is -5.69. The molecule has 5 aliphatic rings. The number of nitrogens with one attached hydrogen (secondary N) is 3. The number of piperidine rings is 1. The van der Waals surface area contributed by atoms with E-state index in [0.717, 1.165) is 69.7 Å². The minimum absolute atomic E-state index is 0.00927. The third-order valence-corrected chi connectivity index (χ3v) is 13.0. The van der Waals surface area contributed by atoms with E-state index in [4.69, 9.17) is 19.2 Å². The Morgan fingerprint density at radius 3 is 2.42 bits per heavy atom. The molecule has 0 radical (unpaired) electrons. The molecule has 346 valence electrons. The van der Waals surface area contributed by atoms with Gasteiger partial charge in [-0.2, -0.15) is 4.98 Å². The number of piperazine rings is 1. The number of hydrogen-bond acceptors (Lipinski definition) is 13. The molecule has 0 unspecified atom stereocenters. The van der Waals surface area contributed by atoms with Gasteiger partial charge in [0, 0.05) is 89.2 Å². The Morgan fingerprint density at radius 1 is 0.906 bits per heavy atom. The lowest BCUT2D eigenvalue weighted by atomic mass is 10.0. The van der Waals surface area contributed by atoms with Gasteiger partial charge in [-0.25, -0.2) is 18.6 Å². The summed E-state index contributed by atoms with van der Waals surface area (Å²) in [6.45, 7) is 5.48. The standard InChI is InChI=1S/C45H61F2N11O6/c1-53-28-45(46,47)29-58(33-7-4-5-8-33)41-37(53)27-48-43(52-41)51-35-11-9-31(25-39(35)63-3)42(60)50-32-13-18-56(19-14-32)40(59)15-17-54-20-22-55(23-21-54)34-10-12-38(62-2)36(26-34)57-16-6-24-64-30-49-44(57)61/h9-12,25-27,32-33H,4-8,13-24,28-30H2,1-3H3,(H,49,61)(H,50,60)(H,48,51,52). The van der Waals surface area contributed by atoms with Crippen molar-refractivity contribution in [2.24, 2.45) is 0 Å². The van der Waals surface area contributed by atoms with Crippen LogP contribution in [0.25, 0.3) is 0 Å². The fourth-order valence-electron chi connectivity index (χ4n) is 9.49. The first kappa shape index (κ1) is 44.9. The van der Waals surface area contributed by atoms with Gasteiger partial charge in [0.05, 0.1) is 57.2 Å². The van der Waals surface area contributed by atoms with Crippen LogP contribution in [-0.4, -0.2) is 156 Å². The molecule has 1 saturated carbocycles. The number of benzene rings is 2. The quantitative estimate of drug-likeness (QED) is 0.226. The summed E-state index contributed by atoms with van der Waals surface area (Å²) in [5.74, 6) is -1.26. The monoisotopic (exact) mass is 889 g/mol. The van der Waals surface area contributed by atoms with Gasteiger partial charge in [0.15, 0.2) is 5.82 Å². The second kappa shape index (κ2) is 20.0. The van der Waals surface area contributed by atoms with Gasteiger partial charge in [-0.05, 0) is 68.5 Å². The molecule has 8 rings (SSSR count). The lowest BCUT2D eigenvalue weighted by Crippen LogP contribution is -2.49. The molecule has 1 aliphatic carbocycles. The van der Waals surface area contributed by atoms with Crippen LogP contribution in [0.1, 0.15) is 61.7 Å². The highest BCUT2D eigenvalue weighted by Crippen LogP contribution is 2.40. The molecule has 1 aromatic heterocycles. The first-order valence-electron chi connectivity index (χ1n) is 22.5. The van der Waals surface area contributed by atoms with Gasteiger partial charge >= 0.3 is 6.03 Å². The van der Waals surface area contributed by atoms with Crippen LogP contribution in [0.3, 0.4) is 0 Å². The van der Waals surface area contributed by atoms with Crippen molar-refractivity contribution >= 4 is 52.4 Å². The van der Waals surface area contributed by atoms with Gasteiger partial charge in [-0.3, -0.25) is 19.4 Å². The maximum atomic E-state index is 15.0. The van der Waals surface area contributed by atoms with Crippen molar-refractivity contribution in [3.05, 3.63) is 48.2 Å². The number of rotatable bonds is 12. The van der Waals surface area contributed by atoms with Crippen LogP contribution in [-0.2, 0) is 9.53 Å². The number of carbonyl (C=O) groups excluding carboxylic acids is 3. The zero-order valence-corrected chi connectivity index (χ0v) is 37.1. The molecule has 19 heteroatoms. The molecule has 5 heterocycles. The topological polar surface area (TPSA) is 160 Å². The Morgan fingerprint density at radius 2 is 1.67 bits per heavy atom. The van der Waals surface area contributed by atoms with Crippen LogP contribution in [0.4, 0.5) is 48.1 Å². The normalized spacial score (nSPS) is 20.2. The van der Waals surface area contributed by atoms with Gasteiger partial charge in [0.2, 0.25) is 11.9 Å². The summed E-state index contributed by atoms with van der Waals surface area (Å²) in [4.78, 5) is 60.4. The molecule has 3 N–H and O–H groups in total. The van der Waals surface area contributed by atoms with Gasteiger partial charge in [0.25, 0.3) is 11.8 Å². The smallest absolute Gasteiger partial charge is 0.323 e. The number of methoxy groups -OCH3 is 2. The maximum absolute atomic E-state index is 15.0. The van der Waals surface area contributed by atoms with Crippen LogP contribution in [0.2, 0.25) is 0 Å². The van der Waals surface area contributed by atoms with E-state index >= 15 is 8.78 Å². The molecule has 2 aromatic carbocycles. The summed E-state index contributed by atoms with van der Waals surface area (Å²) in [5, 5.41) is 9.12. The zero-order chi connectivity index (χ0) is 44.8. The third kappa shape index (κ3) is 10.5. The number of ether oxygens (including phenoxy) is 3. The average molecular weight is 890 g/mol. The lowest BCUT2D eigenvalue weighted by Gasteiger charge is -2.37. The van der Waals surface area contributed by atoms with Gasteiger partial charge in [0.1, 0.15) is 18.2 Å². The number of halogens is 2. The maximum Gasteiger partial charge on any atom is 0.323 e. The second-order valence-electron chi connectivity index (χ2n) is 17.3. The van der Waals surface area contributed by atoms with E-state index in [0.29, 0.717) is 86.3 Å². The fourth-order valence-corrected chi connectivity index (χ4v) is 9.49. The summed E-state index contributed by atoms with van der Waals surface area (Å²) >= 11 is 0. The van der Waals surface area contributed by atoms with Gasteiger partial charge in [-0.1, -0.05) is 12.8 Å². The van der Waals surface area contributed by atoms with Crippen molar-refractivity contribution in [1.82, 2.24) is 30.4 Å². The highest BCUT2D eigenvalue weighted by atomic mass is 19.3. The molecule has 64 heavy (non-hydrogen) atoms. The van der Waals surface area contributed by atoms with Crippen molar-refractivity contribution in [3.63, 3.8) is 0 Å². The Bertz CT molecular complexity index is 2130. The molecule has 0 atom stereocenters. The Kier molecular flexibility index (Phi) is 14.0. The lowest BCUT2D eigenvalue weighted by molar-refractivity contribution is -0.132. The summed E-state index contributed by atoms with van der Waals surface area (Å²) in [7, 11) is 4.77. The number of carbonyl (C=O) groups is 3. The highest BCUT2D eigenvalue weighted by Gasteiger charge is 2.42. The second-order valence-corrected chi connectivity index (χ2v) is 17.3. The number of likely N-dealkylation sites (tertiary alicyclic amines) is 1. The molecular weight excluding hydrogens is 829 g/mol. The number of alkyl halides is 2. The highest BCUT2D eigenvalue weighted by molar-refractivity contribution is 5.96. The van der Waals surface area contributed by atoms with Crippen LogP contribution in [0.15, 0.2) is 42.6 Å². The minimum Gasteiger partial charge on any atom is -0.495 e. The fraction of sp³-hybridized carbons (Fsp3) is 0.578. The molecule has 4 aliphatic heterocycles. The van der Waals surface area contributed by atoms with E-state index in [1.165, 1.54) is 12.0 Å². The molecule has 4 amide bonds. The van der Waals surface area contributed by atoms with Crippen LogP contribution in [0, 0.1) is 0 Å². The van der Waals surface area contributed by atoms with E-state index in [2.05, 4.69) is 30.7 Å². The third-order valence-electron chi connectivity index (χ3n) is 13.0. The van der Waals surface area contributed by atoms with Crippen molar-refractivity contribution in [2.75, 3.05) is 125 Å². The molecule has 3 saturated heterocycles. The predicted molar refractivity (Wildman–Crippen MR) is 241 cm³/mol. The molecule has 4 fully saturated rings. The van der Waals surface area contributed by atoms with Crippen molar-refractivity contribution in [3.8, 4) is 11.5 Å². The van der Waals surface area contributed by atoms with Crippen LogP contribution in [0.5, 0.6) is 11.5 Å². The minimum atomic E-state index is -2.90. The number of urea groups is 1. The van der Waals surface area contributed by atoms with Gasteiger partial charge in [-0.15, -0.1) is 0 Å². The zero-order valence-electron chi connectivity index (χ0n) is 37.1. The Labute approximate surface area is 373 Å². The molecule has 17 nitrogen and oxygen atoms in total. The number of anilines is 6. The first-order chi connectivity index (χ1) is 31.0. The average Bonchev–Trinajstić information content (AvgIpc) is 3.81. The molecular formula is C45H61F2N11O6. The number of nitrogens with zero attached hydrogens (tertiary/aromatic N) is 8. The van der Waals surface area contributed by atoms with Crippen molar-refractivity contribution in [1.29, 1.82) is 0 Å². The van der Waals surface area contributed by atoms with E-state index in [1.54, 1.807) is 48.4 Å². The van der Waals surface area contributed by atoms with Gasteiger partial charge < -0.3 is 49.8 Å². The Balaban J connectivity index is 0.797. The van der Waals surface area contributed by atoms with E-state index in [-0.39, 0.29) is 42.6 Å². The van der Waals surface area contributed by atoms with E-state index in [9.17, 15) is 14.4 Å². The van der Waals surface area contributed by atoms with Crippen molar-refractivity contribution < 1.29 is 37.4 Å². The van der Waals surface area contributed by atoms with Crippen LogP contribution >= 0.6 is 0 Å². The predicted octanol–water partition coefficient (Wildman–Crippen LogP) is 4.90. The molecule has 3 aromatic rings. The summed E-state index contributed by atoms with van der Waals surface area (Å²) in [6.07, 6.45) is 7.73. The number of hydrogen-bond donors (Lipinski definition) is 3. The summed E-state index contributed by atoms with van der Waals surface area (Å²) < 4.78 is 46.7. The van der Waals surface area contributed by atoms with Crippen molar-refractivity contribution in [2.45, 2.75) is 69.4 Å². The number of aromatic nitrogens is 2. The number of fused-ring (bicyclic) bond motifs is 1. The number of amides is 4. The SMILES string of the molecule is COc1cc(C(=O)NC2CCN(C(=O)CCN3CCN(c4ccc(OC)c(N5CCCOCNC5=O)c4)CC3)CC2)ccc1Nc1ncc2c(n1)N(C1CCCC1)CC(F)(F)CN2C. The van der Waals surface area contributed by atoms with Crippen LogP contribution < -0.4 is 45.0 Å². The van der Waals surface area contributed by atoms with E-state index < -0.39 is 19.0 Å². The largest absolute Gasteiger partial charge is 0.495 e. The molecule has 0 bridgehead atoms. The summed E-state index contributed by atoms with van der Waals surface area (Å²) in [5.41, 5.74) is 3.26.